The Bertz CT molecular complexity index is 475. The molecule has 2 aromatic heterocycles. The standard InChI is InChI=1S/C13H14BrNOS/c14-10-6-13(17-9-10)8-15(11-3-4-11)7-12-2-1-5-16-12/h1-2,5-6,9,11H,3-4,7-8H2. The van der Waals surface area contributed by atoms with Crippen molar-refractivity contribution in [2.45, 2.75) is 32.0 Å². The highest BCUT2D eigenvalue weighted by molar-refractivity contribution is 9.10. The van der Waals surface area contributed by atoms with Crippen LogP contribution in [0.2, 0.25) is 0 Å². The second-order valence-electron chi connectivity index (χ2n) is 4.45. The highest BCUT2D eigenvalue weighted by Gasteiger charge is 2.29. The minimum atomic E-state index is 0.751. The van der Waals surface area contributed by atoms with E-state index >= 15 is 0 Å². The van der Waals surface area contributed by atoms with Gasteiger partial charge in [0.25, 0.3) is 0 Å². The maximum absolute atomic E-state index is 5.44. The van der Waals surface area contributed by atoms with Crippen LogP contribution in [0.4, 0.5) is 0 Å². The maximum Gasteiger partial charge on any atom is 0.117 e. The first-order valence-electron chi connectivity index (χ1n) is 5.80. The van der Waals surface area contributed by atoms with Crippen molar-refractivity contribution in [3.8, 4) is 0 Å². The first-order chi connectivity index (χ1) is 8.31. The topological polar surface area (TPSA) is 16.4 Å². The molecule has 1 aliphatic rings. The molecule has 0 spiro atoms. The average Bonchev–Trinajstić information content (AvgIpc) is 2.89. The molecule has 0 N–H and O–H groups in total. The van der Waals surface area contributed by atoms with E-state index in [1.54, 1.807) is 6.26 Å². The van der Waals surface area contributed by atoms with E-state index in [1.165, 1.54) is 22.2 Å². The summed E-state index contributed by atoms with van der Waals surface area (Å²) < 4.78 is 6.62. The van der Waals surface area contributed by atoms with Crippen molar-refractivity contribution in [3.63, 3.8) is 0 Å². The Balaban J connectivity index is 1.68. The fourth-order valence-electron chi connectivity index (χ4n) is 1.99. The van der Waals surface area contributed by atoms with Gasteiger partial charge < -0.3 is 4.42 Å². The lowest BCUT2D eigenvalue weighted by molar-refractivity contribution is 0.227. The molecule has 0 atom stereocenters. The molecule has 0 radical (unpaired) electrons. The van der Waals surface area contributed by atoms with Crippen molar-refractivity contribution in [1.29, 1.82) is 0 Å². The van der Waals surface area contributed by atoms with Crippen LogP contribution in [0.3, 0.4) is 0 Å². The maximum atomic E-state index is 5.44. The molecular formula is C13H14BrNOS. The zero-order valence-corrected chi connectivity index (χ0v) is 11.8. The van der Waals surface area contributed by atoms with E-state index in [-0.39, 0.29) is 0 Å². The van der Waals surface area contributed by atoms with E-state index in [0.29, 0.717) is 0 Å². The molecule has 0 unspecified atom stereocenters. The Hall–Kier alpha value is -0.580. The van der Waals surface area contributed by atoms with Gasteiger partial charge in [-0.25, -0.2) is 0 Å². The number of hydrogen-bond donors (Lipinski definition) is 0. The largest absolute Gasteiger partial charge is 0.468 e. The third kappa shape index (κ3) is 3.00. The second-order valence-corrected chi connectivity index (χ2v) is 6.36. The van der Waals surface area contributed by atoms with Gasteiger partial charge in [0.1, 0.15) is 5.76 Å². The van der Waals surface area contributed by atoms with Crippen LogP contribution >= 0.6 is 27.3 Å². The fourth-order valence-corrected chi connectivity index (χ4v) is 3.47. The molecule has 1 fully saturated rings. The first kappa shape index (κ1) is 11.5. The molecule has 1 aliphatic carbocycles. The van der Waals surface area contributed by atoms with E-state index in [2.05, 4.69) is 38.3 Å². The molecule has 0 aromatic carbocycles. The van der Waals surface area contributed by atoms with Crippen LogP contribution < -0.4 is 0 Å². The summed E-state index contributed by atoms with van der Waals surface area (Å²) in [5, 5.41) is 2.15. The Morgan fingerprint density at radius 2 is 2.29 bits per heavy atom. The summed E-state index contributed by atoms with van der Waals surface area (Å²) in [4.78, 5) is 3.92. The van der Waals surface area contributed by atoms with E-state index in [4.69, 9.17) is 4.42 Å². The molecule has 90 valence electrons. The Labute approximate surface area is 113 Å². The van der Waals surface area contributed by atoms with Crippen LogP contribution in [0.25, 0.3) is 0 Å². The van der Waals surface area contributed by atoms with Crippen molar-refractivity contribution in [2.75, 3.05) is 0 Å². The fraction of sp³-hybridized carbons (Fsp3) is 0.385. The molecule has 4 heteroatoms. The van der Waals surface area contributed by atoms with Gasteiger partial charge in [-0.2, -0.15) is 0 Å². The second kappa shape index (κ2) is 4.96. The minimum absolute atomic E-state index is 0.751. The van der Waals surface area contributed by atoms with Gasteiger partial charge in [-0.15, -0.1) is 11.3 Å². The lowest BCUT2D eigenvalue weighted by Gasteiger charge is -2.19. The molecule has 2 heterocycles. The molecule has 0 bridgehead atoms. The highest BCUT2D eigenvalue weighted by Crippen LogP contribution is 2.31. The number of nitrogens with zero attached hydrogens (tertiary/aromatic N) is 1. The predicted octanol–water partition coefficient (Wildman–Crippen LogP) is 4.27. The highest BCUT2D eigenvalue weighted by atomic mass is 79.9. The summed E-state index contributed by atoms with van der Waals surface area (Å²) in [5.74, 6) is 1.06. The lowest BCUT2D eigenvalue weighted by atomic mass is 10.3. The van der Waals surface area contributed by atoms with Gasteiger partial charge in [-0.1, -0.05) is 0 Å². The number of halogens is 1. The molecule has 0 aliphatic heterocycles. The molecule has 0 amide bonds. The molecule has 3 rings (SSSR count). The average molecular weight is 312 g/mol. The van der Waals surface area contributed by atoms with E-state index in [0.717, 1.165) is 24.9 Å². The molecule has 2 nitrogen and oxygen atoms in total. The van der Waals surface area contributed by atoms with Gasteiger partial charge >= 0.3 is 0 Å². The Morgan fingerprint density at radius 3 is 2.88 bits per heavy atom. The molecule has 1 saturated carbocycles. The summed E-state index contributed by atoms with van der Waals surface area (Å²) in [5.41, 5.74) is 0. The van der Waals surface area contributed by atoms with Crippen molar-refractivity contribution in [2.24, 2.45) is 0 Å². The molecule has 0 saturated heterocycles. The van der Waals surface area contributed by atoms with Crippen LogP contribution in [-0.2, 0) is 13.1 Å². The van der Waals surface area contributed by atoms with Gasteiger partial charge in [0, 0.05) is 27.3 Å². The van der Waals surface area contributed by atoms with Crippen molar-refractivity contribution >= 4 is 27.3 Å². The van der Waals surface area contributed by atoms with Gasteiger partial charge in [-0.3, -0.25) is 4.90 Å². The summed E-state index contributed by atoms with van der Waals surface area (Å²) >= 11 is 5.33. The SMILES string of the molecule is Brc1csc(CN(Cc2ccco2)C2CC2)c1. The zero-order chi connectivity index (χ0) is 11.7. The number of thiophene rings is 1. The van der Waals surface area contributed by atoms with E-state index < -0.39 is 0 Å². The summed E-state index contributed by atoms with van der Waals surface area (Å²) in [7, 11) is 0. The number of rotatable bonds is 5. The van der Waals surface area contributed by atoms with Gasteiger partial charge in [0.2, 0.25) is 0 Å². The number of hydrogen-bond acceptors (Lipinski definition) is 3. The monoisotopic (exact) mass is 311 g/mol. The zero-order valence-electron chi connectivity index (χ0n) is 9.43. The third-order valence-electron chi connectivity index (χ3n) is 2.98. The van der Waals surface area contributed by atoms with Crippen molar-refractivity contribution in [3.05, 3.63) is 45.0 Å². The van der Waals surface area contributed by atoms with Crippen LogP contribution in [0.15, 0.2) is 38.7 Å². The van der Waals surface area contributed by atoms with Crippen LogP contribution in [0.1, 0.15) is 23.5 Å². The molecule has 2 aromatic rings. The normalized spacial score (nSPS) is 15.6. The number of furan rings is 1. The minimum Gasteiger partial charge on any atom is -0.468 e. The Kier molecular flexibility index (Phi) is 3.36. The first-order valence-corrected chi connectivity index (χ1v) is 7.48. The predicted molar refractivity (Wildman–Crippen MR) is 73.0 cm³/mol. The van der Waals surface area contributed by atoms with E-state index in [1.807, 2.05) is 17.4 Å². The smallest absolute Gasteiger partial charge is 0.117 e. The van der Waals surface area contributed by atoms with Gasteiger partial charge in [-0.05, 0) is 47.0 Å². The summed E-state index contributed by atoms with van der Waals surface area (Å²) in [6, 6.07) is 6.98. The van der Waals surface area contributed by atoms with E-state index in [9.17, 15) is 0 Å². The summed E-state index contributed by atoms with van der Waals surface area (Å²) in [6.07, 6.45) is 4.41. The third-order valence-corrected chi connectivity index (χ3v) is 4.67. The van der Waals surface area contributed by atoms with Gasteiger partial charge in [0.05, 0.1) is 12.8 Å². The lowest BCUT2D eigenvalue weighted by Crippen LogP contribution is -2.24. The van der Waals surface area contributed by atoms with Crippen molar-refractivity contribution < 1.29 is 4.42 Å². The molecule has 17 heavy (non-hydrogen) atoms. The molecular weight excluding hydrogens is 298 g/mol. The van der Waals surface area contributed by atoms with Gasteiger partial charge in [0.15, 0.2) is 0 Å². The van der Waals surface area contributed by atoms with Crippen LogP contribution in [-0.4, -0.2) is 10.9 Å². The van der Waals surface area contributed by atoms with Crippen molar-refractivity contribution in [1.82, 2.24) is 4.90 Å². The Morgan fingerprint density at radius 1 is 1.41 bits per heavy atom. The quantitative estimate of drug-likeness (QED) is 0.820. The van der Waals surface area contributed by atoms with Crippen LogP contribution in [0, 0.1) is 0 Å². The summed E-state index contributed by atoms with van der Waals surface area (Å²) in [6.45, 7) is 1.95. The van der Waals surface area contributed by atoms with Crippen LogP contribution in [0.5, 0.6) is 0 Å².